The van der Waals surface area contributed by atoms with Gasteiger partial charge >= 0.3 is 6.16 Å². The summed E-state index contributed by atoms with van der Waals surface area (Å²) in [4.78, 5) is 11.6. The van der Waals surface area contributed by atoms with Crippen molar-refractivity contribution in [1.29, 1.82) is 0 Å². The fourth-order valence-corrected chi connectivity index (χ4v) is 4.29. The number of rotatable bonds is 27. The normalized spacial score (nSPS) is 11.4. The van der Waals surface area contributed by atoms with Crippen LogP contribution in [0.3, 0.4) is 0 Å². The van der Waals surface area contributed by atoms with E-state index in [4.69, 9.17) is 9.47 Å². The van der Waals surface area contributed by atoms with Gasteiger partial charge in [-0.05, 0) is 38.5 Å². The number of carbonyl (C=O) groups excluding carboxylic acids is 1. The average molecular weight is 481 g/mol. The van der Waals surface area contributed by atoms with Gasteiger partial charge in [-0.2, -0.15) is 0 Å². The van der Waals surface area contributed by atoms with Crippen LogP contribution in [0.4, 0.5) is 4.79 Å². The van der Waals surface area contributed by atoms with Gasteiger partial charge in [0, 0.05) is 0 Å². The van der Waals surface area contributed by atoms with E-state index in [1.807, 2.05) is 0 Å². The summed E-state index contributed by atoms with van der Waals surface area (Å²) in [7, 11) is 0. The summed E-state index contributed by atoms with van der Waals surface area (Å²) in [6, 6.07) is 0. The number of carbonyl (C=O) groups is 1. The summed E-state index contributed by atoms with van der Waals surface area (Å²) in [6.07, 6.45) is 35.2. The lowest BCUT2D eigenvalue weighted by molar-refractivity contribution is 0.0529. The Kier molecular flexibility index (Phi) is 29.2. The smallest absolute Gasteiger partial charge is 0.434 e. The number of unbranched alkanes of at least 4 members (excludes halogenated alkanes) is 21. The summed E-state index contributed by atoms with van der Waals surface area (Å²) in [6.45, 7) is 5.54. The summed E-state index contributed by atoms with van der Waals surface area (Å²) < 4.78 is 10.4. The first-order chi connectivity index (χ1) is 16.8. The van der Waals surface area contributed by atoms with E-state index in [0.717, 1.165) is 25.7 Å². The lowest BCUT2D eigenvalue weighted by Gasteiger charge is -2.06. The first-order valence-corrected chi connectivity index (χ1v) is 15.3. The fourth-order valence-electron chi connectivity index (χ4n) is 4.29. The van der Waals surface area contributed by atoms with Crippen molar-refractivity contribution in [2.24, 2.45) is 0 Å². The molecule has 0 atom stereocenters. The Balaban J connectivity index is 3.19. The quantitative estimate of drug-likeness (QED) is 0.0666. The second-order valence-electron chi connectivity index (χ2n) is 10.1. The molecule has 0 fully saturated rings. The van der Waals surface area contributed by atoms with Crippen LogP contribution in [-0.4, -0.2) is 19.4 Å². The molecule has 0 aliphatic heterocycles. The van der Waals surface area contributed by atoms with Gasteiger partial charge in [-0.25, -0.2) is 4.79 Å². The van der Waals surface area contributed by atoms with E-state index < -0.39 is 6.16 Å². The zero-order valence-electron chi connectivity index (χ0n) is 23.3. The van der Waals surface area contributed by atoms with E-state index in [9.17, 15) is 4.79 Å². The van der Waals surface area contributed by atoms with Crippen LogP contribution in [0.25, 0.3) is 0 Å². The molecular formula is C31H60O3. The molecule has 0 radical (unpaired) electrons. The van der Waals surface area contributed by atoms with E-state index in [2.05, 4.69) is 26.0 Å². The maximum atomic E-state index is 11.6. The third kappa shape index (κ3) is 29.0. The van der Waals surface area contributed by atoms with Gasteiger partial charge < -0.3 is 9.47 Å². The van der Waals surface area contributed by atoms with Crippen molar-refractivity contribution in [3.63, 3.8) is 0 Å². The van der Waals surface area contributed by atoms with Gasteiger partial charge in [0.15, 0.2) is 0 Å². The van der Waals surface area contributed by atoms with Crippen molar-refractivity contribution in [3.05, 3.63) is 12.2 Å². The zero-order valence-corrected chi connectivity index (χ0v) is 23.3. The maximum Gasteiger partial charge on any atom is 0.508 e. The second-order valence-corrected chi connectivity index (χ2v) is 10.1. The highest BCUT2D eigenvalue weighted by atomic mass is 16.7. The summed E-state index contributed by atoms with van der Waals surface area (Å²) in [5.74, 6) is 0. The first kappa shape index (κ1) is 33.0. The Morgan fingerprint density at radius 2 is 0.735 bits per heavy atom. The monoisotopic (exact) mass is 480 g/mol. The van der Waals surface area contributed by atoms with E-state index in [1.165, 1.54) is 128 Å². The van der Waals surface area contributed by atoms with Gasteiger partial charge in [-0.1, -0.05) is 142 Å². The van der Waals surface area contributed by atoms with Gasteiger partial charge in [0.25, 0.3) is 0 Å². The highest BCUT2D eigenvalue weighted by Gasteiger charge is 2.03. The SMILES string of the molecule is CCCCCCCC/C=C\CCCCCCCCOC(=O)OCCCCCCCCCCCC. The molecule has 202 valence electrons. The van der Waals surface area contributed by atoms with Crippen LogP contribution in [0, 0.1) is 0 Å². The molecule has 0 aromatic rings. The minimum Gasteiger partial charge on any atom is -0.434 e. The molecule has 0 aliphatic carbocycles. The Morgan fingerprint density at radius 1 is 0.441 bits per heavy atom. The fraction of sp³-hybridized carbons (Fsp3) is 0.903. The molecule has 0 saturated heterocycles. The van der Waals surface area contributed by atoms with Crippen molar-refractivity contribution in [1.82, 2.24) is 0 Å². The Labute approximate surface area is 213 Å². The number of allylic oxidation sites excluding steroid dienone is 2. The molecule has 0 heterocycles. The highest BCUT2D eigenvalue weighted by molar-refractivity contribution is 5.59. The Morgan fingerprint density at radius 3 is 1.09 bits per heavy atom. The highest BCUT2D eigenvalue weighted by Crippen LogP contribution is 2.12. The summed E-state index contributed by atoms with van der Waals surface area (Å²) >= 11 is 0. The lowest BCUT2D eigenvalue weighted by Crippen LogP contribution is -2.09. The molecule has 0 amide bonds. The number of hydrogen-bond donors (Lipinski definition) is 0. The van der Waals surface area contributed by atoms with Gasteiger partial charge in [0.2, 0.25) is 0 Å². The predicted molar refractivity (Wildman–Crippen MR) is 149 cm³/mol. The van der Waals surface area contributed by atoms with Crippen molar-refractivity contribution in [2.45, 2.75) is 168 Å². The Hall–Kier alpha value is -0.990. The van der Waals surface area contributed by atoms with E-state index >= 15 is 0 Å². The standard InChI is InChI=1S/C31H60O3/c1-3-5-7-9-11-13-15-16-17-18-19-20-22-24-26-28-30-34-31(32)33-29-27-25-23-21-14-12-10-8-6-4-2/h16-17H,3-15,18-30H2,1-2H3/b17-16-. The van der Waals surface area contributed by atoms with Crippen LogP contribution in [0.2, 0.25) is 0 Å². The molecular weight excluding hydrogens is 420 g/mol. The number of ether oxygens (including phenoxy) is 2. The molecule has 0 unspecified atom stereocenters. The summed E-state index contributed by atoms with van der Waals surface area (Å²) in [5.41, 5.74) is 0. The number of hydrogen-bond acceptors (Lipinski definition) is 3. The predicted octanol–water partition coefficient (Wildman–Crippen LogP) is 11.1. The van der Waals surface area contributed by atoms with Crippen LogP contribution >= 0.6 is 0 Å². The van der Waals surface area contributed by atoms with Crippen LogP contribution in [-0.2, 0) is 9.47 Å². The third-order valence-corrected chi connectivity index (χ3v) is 6.59. The van der Waals surface area contributed by atoms with Gasteiger partial charge in [0.05, 0.1) is 13.2 Å². The molecule has 0 aromatic carbocycles. The molecule has 0 aromatic heterocycles. The average Bonchev–Trinajstić information content (AvgIpc) is 2.84. The molecule has 3 heteroatoms. The lowest BCUT2D eigenvalue weighted by atomic mass is 10.1. The molecule has 0 aliphatic rings. The van der Waals surface area contributed by atoms with E-state index in [0.29, 0.717) is 13.2 Å². The van der Waals surface area contributed by atoms with Crippen molar-refractivity contribution < 1.29 is 14.3 Å². The van der Waals surface area contributed by atoms with Gasteiger partial charge in [0.1, 0.15) is 0 Å². The van der Waals surface area contributed by atoms with Crippen molar-refractivity contribution >= 4 is 6.16 Å². The molecule has 0 bridgehead atoms. The van der Waals surface area contributed by atoms with Crippen LogP contribution in [0.15, 0.2) is 12.2 Å². The maximum absolute atomic E-state index is 11.6. The molecule has 0 spiro atoms. The molecule has 0 N–H and O–H groups in total. The first-order valence-electron chi connectivity index (χ1n) is 15.3. The Bertz CT molecular complexity index is 419. The molecule has 0 rings (SSSR count). The van der Waals surface area contributed by atoms with Crippen LogP contribution < -0.4 is 0 Å². The third-order valence-electron chi connectivity index (χ3n) is 6.59. The van der Waals surface area contributed by atoms with Crippen molar-refractivity contribution in [3.8, 4) is 0 Å². The minimum absolute atomic E-state index is 0.483. The summed E-state index contributed by atoms with van der Waals surface area (Å²) in [5, 5.41) is 0. The van der Waals surface area contributed by atoms with Crippen LogP contribution in [0.1, 0.15) is 168 Å². The van der Waals surface area contributed by atoms with Gasteiger partial charge in [-0.15, -0.1) is 0 Å². The zero-order chi connectivity index (χ0) is 24.8. The molecule has 0 saturated carbocycles. The largest absolute Gasteiger partial charge is 0.508 e. The minimum atomic E-state index is -0.483. The molecule has 3 nitrogen and oxygen atoms in total. The second kappa shape index (κ2) is 30.0. The van der Waals surface area contributed by atoms with Crippen molar-refractivity contribution in [2.75, 3.05) is 13.2 Å². The van der Waals surface area contributed by atoms with Gasteiger partial charge in [-0.3, -0.25) is 0 Å². The van der Waals surface area contributed by atoms with Crippen LogP contribution in [0.5, 0.6) is 0 Å². The van der Waals surface area contributed by atoms with E-state index in [-0.39, 0.29) is 0 Å². The topological polar surface area (TPSA) is 35.5 Å². The molecule has 34 heavy (non-hydrogen) atoms. The van der Waals surface area contributed by atoms with E-state index in [1.54, 1.807) is 0 Å².